The second-order valence-electron chi connectivity index (χ2n) is 5.72. The van der Waals surface area contributed by atoms with E-state index in [9.17, 15) is 0 Å². The lowest BCUT2D eigenvalue weighted by Crippen LogP contribution is -2.25. The van der Waals surface area contributed by atoms with E-state index in [-0.39, 0.29) is 0 Å². The van der Waals surface area contributed by atoms with Crippen molar-refractivity contribution < 1.29 is 0 Å². The molecule has 1 aliphatic rings. The highest BCUT2D eigenvalue weighted by atomic mass is 14.9. The van der Waals surface area contributed by atoms with E-state index in [0.717, 1.165) is 6.54 Å². The molecule has 0 bridgehead atoms. The van der Waals surface area contributed by atoms with Gasteiger partial charge in [0.1, 0.15) is 0 Å². The summed E-state index contributed by atoms with van der Waals surface area (Å²) < 4.78 is 0. The first-order chi connectivity index (χ1) is 8.09. The average molecular weight is 229 g/mol. The molecular weight excluding hydrogens is 206 g/mol. The molecule has 1 nitrogen and oxygen atoms in total. The minimum Gasteiger partial charge on any atom is -0.381 e. The highest BCUT2D eigenvalue weighted by Crippen LogP contribution is 2.39. The maximum Gasteiger partial charge on any atom is 0.0368 e. The van der Waals surface area contributed by atoms with Gasteiger partial charge in [-0.1, -0.05) is 37.6 Å². The van der Waals surface area contributed by atoms with E-state index < -0.39 is 0 Å². The molecule has 0 spiro atoms. The standard InChI is InChI=1S/C16H23N/c1-13-8-7-11-16(2,3)15(13)12-17-14-9-5-4-6-10-14/h4-6,9-10,17H,7-8,11-12H2,1-3H3. The molecule has 0 radical (unpaired) electrons. The molecule has 0 aliphatic heterocycles. The molecule has 0 unspecified atom stereocenters. The molecule has 2 rings (SSSR count). The van der Waals surface area contributed by atoms with Crippen LogP contribution in [0.15, 0.2) is 41.5 Å². The third-order valence-electron chi connectivity index (χ3n) is 3.93. The largest absolute Gasteiger partial charge is 0.381 e. The molecule has 0 saturated carbocycles. The molecule has 1 aromatic rings. The number of hydrogen-bond acceptors (Lipinski definition) is 1. The van der Waals surface area contributed by atoms with Crippen molar-refractivity contribution in [1.29, 1.82) is 0 Å². The molecule has 92 valence electrons. The van der Waals surface area contributed by atoms with Crippen molar-refractivity contribution in [3.8, 4) is 0 Å². The van der Waals surface area contributed by atoms with Crippen molar-refractivity contribution in [2.75, 3.05) is 11.9 Å². The van der Waals surface area contributed by atoms with Gasteiger partial charge in [0.15, 0.2) is 0 Å². The van der Waals surface area contributed by atoms with Gasteiger partial charge >= 0.3 is 0 Å². The molecular formula is C16H23N. The van der Waals surface area contributed by atoms with Crippen LogP contribution in [-0.2, 0) is 0 Å². The normalized spacial score (nSPS) is 19.2. The van der Waals surface area contributed by atoms with Gasteiger partial charge in [-0.2, -0.15) is 0 Å². The fraction of sp³-hybridized carbons (Fsp3) is 0.500. The highest BCUT2D eigenvalue weighted by Gasteiger charge is 2.27. The minimum absolute atomic E-state index is 0.365. The number of benzene rings is 1. The quantitative estimate of drug-likeness (QED) is 0.745. The SMILES string of the molecule is CC1=C(CNc2ccccc2)C(C)(C)CCC1. The lowest BCUT2D eigenvalue weighted by Gasteiger charge is -2.35. The Morgan fingerprint density at radius 1 is 1.18 bits per heavy atom. The van der Waals surface area contributed by atoms with Crippen molar-refractivity contribution in [2.45, 2.75) is 40.0 Å². The summed E-state index contributed by atoms with van der Waals surface area (Å²) in [4.78, 5) is 0. The summed E-state index contributed by atoms with van der Waals surface area (Å²) in [7, 11) is 0. The van der Waals surface area contributed by atoms with E-state index in [4.69, 9.17) is 0 Å². The monoisotopic (exact) mass is 229 g/mol. The van der Waals surface area contributed by atoms with Gasteiger partial charge in [-0.15, -0.1) is 0 Å². The van der Waals surface area contributed by atoms with Crippen LogP contribution in [-0.4, -0.2) is 6.54 Å². The predicted molar refractivity (Wildman–Crippen MR) is 75.3 cm³/mol. The van der Waals surface area contributed by atoms with Crippen LogP contribution in [0, 0.1) is 5.41 Å². The van der Waals surface area contributed by atoms with Gasteiger partial charge in [0, 0.05) is 12.2 Å². The first-order valence-corrected chi connectivity index (χ1v) is 6.57. The summed E-state index contributed by atoms with van der Waals surface area (Å²) >= 11 is 0. The number of nitrogens with one attached hydrogen (secondary N) is 1. The minimum atomic E-state index is 0.365. The summed E-state index contributed by atoms with van der Waals surface area (Å²) in [6.07, 6.45) is 3.93. The number of allylic oxidation sites excluding steroid dienone is 1. The Morgan fingerprint density at radius 2 is 1.88 bits per heavy atom. The Balaban J connectivity index is 2.07. The maximum absolute atomic E-state index is 3.54. The van der Waals surface area contributed by atoms with Gasteiger partial charge < -0.3 is 5.32 Å². The van der Waals surface area contributed by atoms with Crippen LogP contribution in [0.25, 0.3) is 0 Å². The first-order valence-electron chi connectivity index (χ1n) is 6.57. The van der Waals surface area contributed by atoms with Gasteiger partial charge in [-0.05, 0) is 49.3 Å². The molecule has 0 atom stereocenters. The van der Waals surface area contributed by atoms with Gasteiger partial charge in [-0.3, -0.25) is 0 Å². The highest BCUT2D eigenvalue weighted by molar-refractivity contribution is 5.44. The summed E-state index contributed by atoms with van der Waals surface area (Å²) in [6.45, 7) is 8.03. The van der Waals surface area contributed by atoms with Crippen LogP contribution in [0.4, 0.5) is 5.69 Å². The average Bonchev–Trinajstić information content (AvgIpc) is 2.29. The van der Waals surface area contributed by atoms with Crippen molar-refractivity contribution in [3.05, 3.63) is 41.5 Å². The molecule has 0 aromatic heterocycles. The smallest absolute Gasteiger partial charge is 0.0368 e. The molecule has 1 heteroatoms. The van der Waals surface area contributed by atoms with Gasteiger partial charge in [0.05, 0.1) is 0 Å². The molecule has 0 amide bonds. The third kappa shape index (κ3) is 2.91. The second kappa shape index (κ2) is 4.95. The van der Waals surface area contributed by atoms with Crippen molar-refractivity contribution in [2.24, 2.45) is 5.41 Å². The zero-order valence-corrected chi connectivity index (χ0v) is 11.2. The Kier molecular flexibility index (Phi) is 3.56. The van der Waals surface area contributed by atoms with E-state index in [2.05, 4.69) is 56.4 Å². The number of para-hydroxylation sites is 1. The van der Waals surface area contributed by atoms with Crippen molar-refractivity contribution >= 4 is 5.69 Å². The van der Waals surface area contributed by atoms with Gasteiger partial charge in [0.2, 0.25) is 0 Å². The summed E-state index contributed by atoms with van der Waals surface area (Å²) in [6, 6.07) is 10.5. The van der Waals surface area contributed by atoms with Gasteiger partial charge in [-0.25, -0.2) is 0 Å². The van der Waals surface area contributed by atoms with E-state index in [1.807, 2.05) is 0 Å². The fourth-order valence-corrected chi connectivity index (χ4v) is 2.81. The molecule has 0 heterocycles. The van der Waals surface area contributed by atoms with Crippen molar-refractivity contribution in [1.82, 2.24) is 0 Å². The molecule has 1 aromatic carbocycles. The predicted octanol–water partition coefficient (Wildman–Crippen LogP) is 4.63. The van der Waals surface area contributed by atoms with Crippen LogP contribution in [0.2, 0.25) is 0 Å². The Labute approximate surface area is 105 Å². The molecule has 1 N–H and O–H groups in total. The van der Waals surface area contributed by atoms with E-state index >= 15 is 0 Å². The molecule has 0 fully saturated rings. The molecule has 1 aliphatic carbocycles. The van der Waals surface area contributed by atoms with E-state index in [0.29, 0.717) is 5.41 Å². The molecule has 0 saturated heterocycles. The van der Waals surface area contributed by atoms with E-state index in [1.54, 1.807) is 11.1 Å². The lowest BCUT2D eigenvalue weighted by atomic mass is 9.73. The molecule has 17 heavy (non-hydrogen) atoms. The summed E-state index contributed by atoms with van der Waals surface area (Å²) in [5.41, 5.74) is 4.77. The second-order valence-corrected chi connectivity index (χ2v) is 5.72. The maximum atomic E-state index is 3.54. The third-order valence-corrected chi connectivity index (χ3v) is 3.93. The lowest BCUT2D eigenvalue weighted by molar-refractivity contribution is 0.364. The Bertz CT molecular complexity index is 401. The van der Waals surface area contributed by atoms with Crippen LogP contribution < -0.4 is 5.32 Å². The van der Waals surface area contributed by atoms with Crippen LogP contribution in [0.1, 0.15) is 40.0 Å². The number of anilines is 1. The van der Waals surface area contributed by atoms with Crippen LogP contribution in [0.3, 0.4) is 0 Å². The zero-order valence-electron chi connectivity index (χ0n) is 11.2. The van der Waals surface area contributed by atoms with E-state index in [1.165, 1.54) is 24.9 Å². The van der Waals surface area contributed by atoms with Crippen LogP contribution in [0.5, 0.6) is 0 Å². The van der Waals surface area contributed by atoms with Gasteiger partial charge in [0.25, 0.3) is 0 Å². The topological polar surface area (TPSA) is 12.0 Å². The first kappa shape index (κ1) is 12.2. The summed E-state index contributed by atoms with van der Waals surface area (Å²) in [5, 5.41) is 3.54. The van der Waals surface area contributed by atoms with Crippen LogP contribution >= 0.6 is 0 Å². The Morgan fingerprint density at radius 3 is 2.53 bits per heavy atom. The Hall–Kier alpha value is -1.24. The zero-order chi connectivity index (χ0) is 12.3. The number of hydrogen-bond donors (Lipinski definition) is 1. The fourth-order valence-electron chi connectivity index (χ4n) is 2.81. The van der Waals surface area contributed by atoms with Crippen molar-refractivity contribution in [3.63, 3.8) is 0 Å². The number of rotatable bonds is 3. The summed E-state index contributed by atoms with van der Waals surface area (Å²) in [5.74, 6) is 0.